The van der Waals surface area contributed by atoms with E-state index in [0.29, 0.717) is 31.9 Å². The largest absolute Gasteiger partial charge is 0.334 e. The van der Waals surface area contributed by atoms with Crippen LogP contribution in [0.4, 0.5) is 11.5 Å². The molecule has 0 unspecified atom stereocenters. The second-order valence-corrected chi connectivity index (χ2v) is 9.10. The molecule has 0 spiro atoms. The smallest absolute Gasteiger partial charge is 0.286 e. The zero-order chi connectivity index (χ0) is 21.3. The van der Waals surface area contributed by atoms with Gasteiger partial charge in [0.25, 0.3) is 5.91 Å². The van der Waals surface area contributed by atoms with E-state index in [4.69, 9.17) is 0 Å². The fourth-order valence-corrected chi connectivity index (χ4v) is 4.92. The molecule has 0 atom stereocenters. The number of anilines is 2. The Labute approximate surface area is 176 Å². The number of amides is 1. The third-order valence-corrected chi connectivity index (χ3v) is 6.86. The van der Waals surface area contributed by atoms with E-state index in [1.165, 1.54) is 17.3 Å². The number of carbonyl (C=O) groups is 1. The van der Waals surface area contributed by atoms with Gasteiger partial charge in [0.2, 0.25) is 14.9 Å². The maximum Gasteiger partial charge on any atom is 0.286 e. The van der Waals surface area contributed by atoms with Gasteiger partial charge >= 0.3 is 0 Å². The number of nitrogens with zero attached hydrogens (tertiary/aromatic N) is 5. The number of sulfone groups is 1. The Kier molecular flexibility index (Phi) is 5.40. The maximum absolute atomic E-state index is 13.2. The fourth-order valence-electron chi connectivity index (χ4n) is 3.52. The van der Waals surface area contributed by atoms with Crippen molar-refractivity contribution in [2.75, 3.05) is 37.7 Å². The van der Waals surface area contributed by atoms with E-state index in [9.17, 15) is 13.2 Å². The quantitative estimate of drug-likeness (QED) is 0.696. The molecule has 1 aromatic carbocycles. The molecule has 8 nitrogen and oxygen atoms in total. The molecule has 0 saturated carbocycles. The number of carbonyl (C=O) groups excluding carboxylic acids is 1. The fraction of sp³-hybridized carbons (Fsp3) is 0.286. The normalized spacial score (nSPS) is 18.5. The highest BCUT2D eigenvalue weighted by molar-refractivity contribution is 8.08. The second kappa shape index (κ2) is 8.00. The molecular formula is C21H23N5O3S. The van der Waals surface area contributed by atoms with Gasteiger partial charge in [-0.1, -0.05) is 23.8 Å². The number of fused-ring (bicyclic) bond motifs is 1. The number of rotatable bonds is 4. The molecule has 0 radical (unpaired) electrons. The van der Waals surface area contributed by atoms with Gasteiger partial charge in [0.15, 0.2) is 5.82 Å². The molecule has 1 fully saturated rings. The molecule has 1 aromatic heterocycles. The Hall–Kier alpha value is -3.04. The molecule has 0 aliphatic carbocycles. The van der Waals surface area contributed by atoms with Gasteiger partial charge < -0.3 is 4.90 Å². The molecule has 0 N–H and O–H groups in total. The Bertz CT molecular complexity index is 1100. The van der Waals surface area contributed by atoms with Gasteiger partial charge in [-0.2, -0.15) is 0 Å². The molecule has 4 rings (SSSR count). The Morgan fingerprint density at radius 2 is 1.83 bits per heavy atom. The SMILES string of the molecule is C=CCN1CCN(C(=O)C2=NN(c3ccc(C)cc3)c3ncccc3S2(=O)=O)CC1. The van der Waals surface area contributed by atoms with E-state index in [1.54, 1.807) is 11.0 Å². The molecule has 0 bridgehead atoms. The zero-order valence-electron chi connectivity index (χ0n) is 16.7. The number of piperazine rings is 1. The number of hydrogen-bond donors (Lipinski definition) is 0. The molecule has 1 amide bonds. The number of pyridine rings is 1. The lowest BCUT2D eigenvalue weighted by Gasteiger charge is -2.35. The number of aromatic nitrogens is 1. The van der Waals surface area contributed by atoms with E-state index < -0.39 is 20.8 Å². The first kappa shape index (κ1) is 20.2. The van der Waals surface area contributed by atoms with E-state index in [0.717, 1.165) is 12.1 Å². The monoisotopic (exact) mass is 425 g/mol. The summed E-state index contributed by atoms with van der Waals surface area (Å²) in [6.07, 6.45) is 3.33. The molecule has 1 saturated heterocycles. The standard InChI is InChI=1S/C21H23N5O3S/c1-3-11-24-12-14-25(15-13-24)21(27)20-23-26(17-8-6-16(2)7-9-17)19-18(30(20,28)29)5-4-10-22-19/h3-10H,1,11-15H2,2H3. The molecule has 3 heterocycles. The Morgan fingerprint density at radius 1 is 1.13 bits per heavy atom. The van der Waals surface area contributed by atoms with Crippen LogP contribution in [0.1, 0.15) is 5.56 Å². The van der Waals surface area contributed by atoms with Crippen molar-refractivity contribution in [2.24, 2.45) is 5.10 Å². The zero-order valence-corrected chi connectivity index (χ0v) is 17.5. The molecule has 9 heteroatoms. The summed E-state index contributed by atoms with van der Waals surface area (Å²) in [5.41, 5.74) is 1.69. The van der Waals surface area contributed by atoms with Gasteiger partial charge in [-0.25, -0.2) is 18.4 Å². The van der Waals surface area contributed by atoms with E-state index in [-0.39, 0.29) is 10.7 Å². The minimum absolute atomic E-state index is 0.0192. The van der Waals surface area contributed by atoms with Crippen molar-refractivity contribution in [1.82, 2.24) is 14.8 Å². The molecular weight excluding hydrogens is 402 g/mol. The van der Waals surface area contributed by atoms with Crippen molar-refractivity contribution in [2.45, 2.75) is 11.8 Å². The summed E-state index contributed by atoms with van der Waals surface area (Å²) in [5, 5.41) is 5.24. The molecule has 156 valence electrons. The summed E-state index contributed by atoms with van der Waals surface area (Å²) in [6.45, 7) is 8.62. The van der Waals surface area contributed by atoms with E-state index in [2.05, 4.69) is 21.6 Å². The average Bonchev–Trinajstić information content (AvgIpc) is 2.75. The number of hydrazone groups is 1. The number of hydrogen-bond acceptors (Lipinski definition) is 7. The molecule has 2 aliphatic heterocycles. The average molecular weight is 426 g/mol. The predicted molar refractivity (Wildman–Crippen MR) is 115 cm³/mol. The van der Waals surface area contributed by atoms with Crippen LogP contribution in [0.3, 0.4) is 0 Å². The van der Waals surface area contributed by atoms with Gasteiger partial charge in [0, 0.05) is 38.9 Å². The van der Waals surface area contributed by atoms with Crippen molar-refractivity contribution in [3.8, 4) is 0 Å². The molecule has 2 aliphatic rings. The molecule has 2 aromatic rings. The van der Waals surface area contributed by atoms with E-state index >= 15 is 0 Å². The van der Waals surface area contributed by atoms with Crippen molar-refractivity contribution in [3.63, 3.8) is 0 Å². The summed E-state index contributed by atoms with van der Waals surface area (Å²) in [6, 6.07) is 10.5. The van der Waals surface area contributed by atoms with Crippen LogP contribution >= 0.6 is 0 Å². The van der Waals surface area contributed by atoms with Gasteiger partial charge in [-0.05, 0) is 31.2 Å². The summed E-state index contributed by atoms with van der Waals surface area (Å²) in [4.78, 5) is 21.1. The van der Waals surface area contributed by atoms with Crippen LogP contribution < -0.4 is 5.01 Å². The lowest BCUT2D eigenvalue weighted by Crippen LogP contribution is -2.52. The van der Waals surface area contributed by atoms with Gasteiger partial charge in [-0.3, -0.25) is 9.69 Å². The first-order chi connectivity index (χ1) is 14.4. The minimum atomic E-state index is -4.08. The maximum atomic E-state index is 13.2. The lowest BCUT2D eigenvalue weighted by molar-refractivity contribution is -0.125. The van der Waals surface area contributed by atoms with Crippen LogP contribution in [-0.2, 0) is 14.6 Å². The third kappa shape index (κ3) is 3.61. The summed E-state index contributed by atoms with van der Waals surface area (Å²) < 4.78 is 26.4. The highest BCUT2D eigenvalue weighted by Gasteiger charge is 2.41. The first-order valence-corrected chi connectivity index (χ1v) is 11.2. The predicted octanol–water partition coefficient (Wildman–Crippen LogP) is 1.96. The molecule has 30 heavy (non-hydrogen) atoms. The lowest BCUT2D eigenvalue weighted by atomic mass is 10.2. The van der Waals surface area contributed by atoms with Crippen LogP contribution in [-0.4, -0.2) is 66.9 Å². The number of benzene rings is 1. The van der Waals surface area contributed by atoms with Crippen LogP contribution in [0.15, 0.2) is 65.2 Å². The van der Waals surface area contributed by atoms with Crippen LogP contribution in [0.5, 0.6) is 0 Å². The minimum Gasteiger partial charge on any atom is -0.334 e. The van der Waals surface area contributed by atoms with Crippen LogP contribution in [0.2, 0.25) is 0 Å². The highest BCUT2D eigenvalue weighted by Crippen LogP contribution is 2.35. The van der Waals surface area contributed by atoms with Gasteiger partial charge in [-0.15, -0.1) is 11.7 Å². The number of aryl methyl sites for hydroxylation is 1. The Balaban J connectivity index is 1.72. The summed E-state index contributed by atoms with van der Waals surface area (Å²) in [5.74, 6) is -0.395. The van der Waals surface area contributed by atoms with E-state index in [1.807, 2.05) is 37.3 Å². The van der Waals surface area contributed by atoms with Crippen molar-refractivity contribution >= 4 is 32.3 Å². The summed E-state index contributed by atoms with van der Waals surface area (Å²) in [7, 11) is -4.08. The summed E-state index contributed by atoms with van der Waals surface area (Å²) >= 11 is 0. The second-order valence-electron chi connectivity index (χ2n) is 7.26. The van der Waals surface area contributed by atoms with Crippen LogP contribution in [0.25, 0.3) is 0 Å². The van der Waals surface area contributed by atoms with Crippen molar-refractivity contribution < 1.29 is 13.2 Å². The third-order valence-electron chi connectivity index (χ3n) is 5.19. The van der Waals surface area contributed by atoms with Crippen molar-refractivity contribution in [1.29, 1.82) is 0 Å². The topological polar surface area (TPSA) is 86.2 Å². The Morgan fingerprint density at radius 3 is 2.50 bits per heavy atom. The van der Waals surface area contributed by atoms with Gasteiger partial charge in [0.1, 0.15) is 4.90 Å². The highest BCUT2D eigenvalue weighted by atomic mass is 32.2. The first-order valence-electron chi connectivity index (χ1n) is 9.70. The van der Waals surface area contributed by atoms with Gasteiger partial charge in [0.05, 0.1) is 5.69 Å². The van der Waals surface area contributed by atoms with Crippen LogP contribution in [0, 0.1) is 6.92 Å². The van der Waals surface area contributed by atoms with Crippen molar-refractivity contribution in [3.05, 3.63) is 60.8 Å².